The van der Waals surface area contributed by atoms with E-state index < -0.39 is 0 Å². The molecule has 0 amide bonds. The largest absolute Gasteiger partial charge is 0.489 e. The van der Waals surface area contributed by atoms with Gasteiger partial charge < -0.3 is 19.9 Å². The molecule has 0 saturated heterocycles. The topological polar surface area (TPSA) is 76.4 Å². The molecule has 3 aromatic rings. The van der Waals surface area contributed by atoms with Crippen LogP contribution in [0.3, 0.4) is 0 Å². The van der Waals surface area contributed by atoms with E-state index in [1.165, 1.54) is 4.88 Å². The van der Waals surface area contributed by atoms with Gasteiger partial charge in [0.2, 0.25) is 0 Å². The molecule has 10 heteroatoms. The summed E-state index contributed by atoms with van der Waals surface area (Å²) in [7, 11) is 1.94. The van der Waals surface area contributed by atoms with Gasteiger partial charge in [0.15, 0.2) is 11.8 Å². The molecule has 0 spiro atoms. The van der Waals surface area contributed by atoms with Gasteiger partial charge in [0.25, 0.3) is 0 Å². The lowest BCUT2D eigenvalue weighted by atomic mass is 10.3. The normalized spacial score (nSPS) is 12.2. The van der Waals surface area contributed by atoms with Crippen LogP contribution in [0.5, 0.6) is 5.75 Å². The Morgan fingerprint density at radius 1 is 1.23 bits per heavy atom. The molecule has 0 aliphatic carbocycles. The van der Waals surface area contributed by atoms with Crippen molar-refractivity contribution in [3.8, 4) is 5.75 Å². The first-order valence-corrected chi connectivity index (χ1v) is 11.1. The first-order chi connectivity index (χ1) is 14.5. The number of aliphatic imine (C=N–C) groups is 1. The molecule has 1 aromatic carbocycles. The van der Waals surface area contributed by atoms with Gasteiger partial charge in [0.05, 0.1) is 6.54 Å². The van der Waals surface area contributed by atoms with E-state index in [1.807, 2.05) is 49.7 Å². The molecule has 2 aromatic heterocycles. The Morgan fingerprint density at radius 3 is 2.65 bits per heavy atom. The highest BCUT2D eigenvalue weighted by molar-refractivity contribution is 14.0. The molecule has 0 aliphatic heterocycles. The first kappa shape index (κ1) is 25.4. The van der Waals surface area contributed by atoms with Gasteiger partial charge in [-0.05, 0) is 56.0 Å². The lowest BCUT2D eigenvalue weighted by molar-refractivity contribution is 0.224. The van der Waals surface area contributed by atoms with Crippen LogP contribution in [0.1, 0.15) is 23.4 Å². The fraction of sp³-hybridized carbons (Fsp3) is 0.381. The highest BCUT2D eigenvalue weighted by Crippen LogP contribution is 2.16. The molecule has 2 N–H and O–H groups in total. The van der Waals surface area contributed by atoms with Crippen LogP contribution in [0, 0.1) is 6.92 Å². The second-order valence-corrected chi connectivity index (χ2v) is 8.38. The minimum atomic E-state index is -0.0486. The number of ether oxygens (including phenoxy) is 1. The van der Waals surface area contributed by atoms with Gasteiger partial charge in [-0.15, -0.1) is 45.5 Å². The molecule has 7 nitrogen and oxygen atoms in total. The zero-order valence-corrected chi connectivity index (χ0v) is 21.7. The SMILES string of the molecule is Cc1nnc(CN=C(NCCc2cccs2)NCC(C)Oc2ccc(Cl)cc2)n1C.I. The Labute approximate surface area is 209 Å². The molecule has 31 heavy (non-hydrogen) atoms. The van der Waals surface area contributed by atoms with Crippen LogP contribution in [0.2, 0.25) is 5.02 Å². The van der Waals surface area contributed by atoms with Crippen molar-refractivity contribution >= 4 is 52.9 Å². The van der Waals surface area contributed by atoms with Crippen molar-refractivity contribution in [2.75, 3.05) is 13.1 Å². The predicted octanol–water partition coefficient (Wildman–Crippen LogP) is 4.20. The van der Waals surface area contributed by atoms with Gasteiger partial charge in [-0.1, -0.05) is 17.7 Å². The molecule has 0 fully saturated rings. The third-order valence-electron chi connectivity index (χ3n) is 4.51. The van der Waals surface area contributed by atoms with E-state index in [0.29, 0.717) is 18.1 Å². The minimum Gasteiger partial charge on any atom is -0.489 e. The summed E-state index contributed by atoms with van der Waals surface area (Å²) < 4.78 is 7.88. The van der Waals surface area contributed by atoms with E-state index in [2.05, 4.69) is 43.3 Å². The maximum absolute atomic E-state index is 5.94. The lowest BCUT2D eigenvalue weighted by Gasteiger charge is -2.18. The van der Waals surface area contributed by atoms with Crippen molar-refractivity contribution < 1.29 is 4.74 Å². The number of hydrogen-bond acceptors (Lipinski definition) is 5. The number of guanidine groups is 1. The summed E-state index contributed by atoms with van der Waals surface area (Å²) in [4.78, 5) is 6.02. The second kappa shape index (κ2) is 12.9. The number of benzene rings is 1. The van der Waals surface area contributed by atoms with E-state index in [0.717, 1.165) is 36.3 Å². The van der Waals surface area contributed by atoms with E-state index in [4.69, 9.17) is 16.3 Å². The van der Waals surface area contributed by atoms with Gasteiger partial charge in [0.1, 0.15) is 24.2 Å². The molecule has 168 valence electrons. The quantitative estimate of drug-likeness (QED) is 0.228. The third kappa shape index (κ3) is 8.30. The number of nitrogens with one attached hydrogen (secondary N) is 2. The van der Waals surface area contributed by atoms with Crippen molar-refractivity contribution in [2.24, 2.45) is 12.0 Å². The van der Waals surface area contributed by atoms with Crippen molar-refractivity contribution in [1.82, 2.24) is 25.4 Å². The number of thiophene rings is 1. The highest BCUT2D eigenvalue weighted by atomic mass is 127. The first-order valence-electron chi connectivity index (χ1n) is 9.83. The molecule has 0 aliphatic rings. The number of aryl methyl sites for hydroxylation is 1. The van der Waals surface area contributed by atoms with E-state index in [-0.39, 0.29) is 30.1 Å². The summed E-state index contributed by atoms with van der Waals surface area (Å²) in [5.74, 6) is 3.19. The van der Waals surface area contributed by atoms with E-state index in [1.54, 1.807) is 11.3 Å². The smallest absolute Gasteiger partial charge is 0.191 e. The summed E-state index contributed by atoms with van der Waals surface area (Å²) in [5, 5.41) is 17.8. The van der Waals surface area contributed by atoms with Gasteiger partial charge >= 0.3 is 0 Å². The van der Waals surface area contributed by atoms with Crippen LogP contribution in [0.15, 0.2) is 46.8 Å². The Hall–Kier alpha value is -1.85. The summed E-state index contributed by atoms with van der Waals surface area (Å²) in [5.41, 5.74) is 0. The van der Waals surface area contributed by atoms with Crippen LogP contribution in [0.25, 0.3) is 0 Å². The zero-order chi connectivity index (χ0) is 21.3. The van der Waals surface area contributed by atoms with Gasteiger partial charge in [-0.3, -0.25) is 0 Å². The summed E-state index contributed by atoms with van der Waals surface area (Å²) in [6.45, 7) is 5.77. The second-order valence-electron chi connectivity index (χ2n) is 6.91. The van der Waals surface area contributed by atoms with Crippen LogP contribution < -0.4 is 15.4 Å². The molecule has 1 unspecified atom stereocenters. The Morgan fingerprint density at radius 2 is 2.00 bits per heavy atom. The Kier molecular flexibility index (Phi) is 10.6. The van der Waals surface area contributed by atoms with Gasteiger partial charge in [-0.25, -0.2) is 4.99 Å². The maximum atomic E-state index is 5.94. The van der Waals surface area contributed by atoms with Crippen LogP contribution >= 0.6 is 46.9 Å². The van der Waals surface area contributed by atoms with Crippen LogP contribution in [-0.2, 0) is 20.0 Å². The van der Waals surface area contributed by atoms with Gasteiger partial charge in [0, 0.05) is 23.5 Å². The maximum Gasteiger partial charge on any atom is 0.191 e. The molecule has 0 radical (unpaired) electrons. The fourth-order valence-electron chi connectivity index (χ4n) is 2.70. The molecule has 0 bridgehead atoms. The van der Waals surface area contributed by atoms with E-state index >= 15 is 0 Å². The monoisotopic (exact) mass is 574 g/mol. The summed E-state index contributed by atoms with van der Waals surface area (Å²) in [6.07, 6.45) is 0.894. The Bertz CT molecular complexity index is 945. The van der Waals surface area contributed by atoms with Crippen molar-refractivity contribution in [2.45, 2.75) is 32.9 Å². The average molecular weight is 575 g/mol. The lowest BCUT2D eigenvalue weighted by Crippen LogP contribution is -2.42. The number of rotatable bonds is 9. The van der Waals surface area contributed by atoms with Crippen molar-refractivity contribution in [3.05, 3.63) is 63.3 Å². The standard InChI is InChI=1S/C21H27ClN6OS.HI/c1-15(29-18-8-6-17(22)7-9-18)13-24-21(23-11-10-19-5-4-12-30-19)25-14-20-27-26-16(2)28(20)3;/h4-9,12,15H,10-11,13-14H2,1-3H3,(H2,23,24,25);1H. The number of halogens is 2. The van der Waals surface area contributed by atoms with E-state index in [9.17, 15) is 0 Å². The number of nitrogens with zero attached hydrogens (tertiary/aromatic N) is 4. The third-order valence-corrected chi connectivity index (χ3v) is 5.70. The molecule has 1 atom stereocenters. The molecular weight excluding hydrogens is 547 g/mol. The number of hydrogen-bond donors (Lipinski definition) is 2. The Balaban J connectivity index is 0.00000341. The molecule has 0 saturated carbocycles. The van der Waals surface area contributed by atoms with Crippen LogP contribution in [0.4, 0.5) is 0 Å². The summed E-state index contributed by atoms with van der Waals surface area (Å²) >= 11 is 7.69. The molecule has 3 rings (SSSR count). The molecular formula is C21H28ClIN6OS. The highest BCUT2D eigenvalue weighted by Gasteiger charge is 2.08. The van der Waals surface area contributed by atoms with Crippen molar-refractivity contribution in [3.63, 3.8) is 0 Å². The summed E-state index contributed by atoms with van der Waals surface area (Å²) in [6, 6.07) is 11.6. The number of aromatic nitrogens is 3. The zero-order valence-electron chi connectivity index (χ0n) is 17.8. The fourth-order valence-corrected chi connectivity index (χ4v) is 3.53. The van der Waals surface area contributed by atoms with Crippen LogP contribution in [-0.4, -0.2) is 39.9 Å². The predicted molar refractivity (Wildman–Crippen MR) is 138 cm³/mol. The minimum absolute atomic E-state index is 0. The van der Waals surface area contributed by atoms with Crippen molar-refractivity contribution in [1.29, 1.82) is 0 Å². The van der Waals surface area contributed by atoms with Gasteiger partial charge in [-0.2, -0.15) is 0 Å². The average Bonchev–Trinajstić information content (AvgIpc) is 3.36. The molecule has 2 heterocycles.